The fourth-order valence-corrected chi connectivity index (χ4v) is 7.33. The van der Waals surface area contributed by atoms with Crippen molar-refractivity contribution in [2.75, 3.05) is 4.90 Å². The Morgan fingerprint density at radius 1 is 0.400 bits per heavy atom. The first kappa shape index (κ1) is 32.2. The number of hydrogen-bond acceptors (Lipinski definition) is 4. The minimum Gasteiger partial charge on any atom is -0.457 e. The Hall–Kier alpha value is -7.43. The van der Waals surface area contributed by atoms with Crippen LogP contribution >= 0.6 is 0 Å². The van der Waals surface area contributed by atoms with Crippen molar-refractivity contribution in [1.29, 1.82) is 0 Å². The molecule has 1 heterocycles. The molecule has 0 saturated carbocycles. The third kappa shape index (κ3) is 6.36. The SMILES string of the molecule is c1ccc(-c2ccc(N(c3ccc(Oc4cc(-c5nc6ccccc6o5)cc5ccccc45)cc3)c3ccc4cc(-c5ccccc5)ccc4c3)cc2)cc1. The molecule has 0 aliphatic rings. The van der Waals surface area contributed by atoms with Gasteiger partial charge in [-0.1, -0.05) is 127 Å². The third-order valence-electron chi connectivity index (χ3n) is 10.1. The number of anilines is 3. The first-order chi connectivity index (χ1) is 27.2. The first-order valence-corrected chi connectivity index (χ1v) is 18.4. The van der Waals surface area contributed by atoms with E-state index in [2.05, 4.69) is 150 Å². The van der Waals surface area contributed by atoms with Crippen molar-refractivity contribution in [1.82, 2.24) is 4.98 Å². The topological polar surface area (TPSA) is 38.5 Å². The van der Waals surface area contributed by atoms with Crippen molar-refractivity contribution < 1.29 is 9.15 Å². The van der Waals surface area contributed by atoms with Crippen LogP contribution in [0.3, 0.4) is 0 Å². The minimum atomic E-state index is 0.563. The summed E-state index contributed by atoms with van der Waals surface area (Å²) in [4.78, 5) is 7.06. The zero-order valence-electron chi connectivity index (χ0n) is 29.8. The van der Waals surface area contributed by atoms with Crippen LogP contribution in [0.2, 0.25) is 0 Å². The van der Waals surface area contributed by atoms with Gasteiger partial charge in [0.15, 0.2) is 5.58 Å². The molecule has 0 aliphatic carbocycles. The molecule has 0 aliphatic heterocycles. The highest BCUT2D eigenvalue weighted by atomic mass is 16.5. The minimum absolute atomic E-state index is 0.563. The normalized spacial score (nSPS) is 11.3. The van der Waals surface area contributed by atoms with Crippen LogP contribution in [0.15, 0.2) is 211 Å². The summed E-state index contributed by atoms with van der Waals surface area (Å²) < 4.78 is 12.8. The molecule has 260 valence electrons. The molecule has 0 amide bonds. The van der Waals surface area contributed by atoms with Crippen LogP contribution in [-0.4, -0.2) is 4.98 Å². The maximum atomic E-state index is 6.66. The standard InChI is InChI=1S/C51H34N2O2/c1-3-11-35(12-4-1)37-21-24-43(25-22-37)53(45-26-23-39-31-38(19-20-40(39)33-45)36-13-5-2-6-14-36)44-27-29-46(30-28-44)54-50-34-42(32-41-15-7-8-16-47(41)50)51-52-48-17-9-10-18-49(48)55-51/h1-34H. The average molecular weight is 707 g/mol. The number of ether oxygens (including phenoxy) is 1. The predicted molar refractivity (Wildman–Crippen MR) is 227 cm³/mol. The van der Waals surface area contributed by atoms with Gasteiger partial charge in [-0.3, -0.25) is 0 Å². The van der Waals surface area contributed by atoms with Gasteiger partial charge in [-0.2, -0.15) is 0 Å². The molecule has 10 aromatic rings. The van der Waals surface area contributed by atoms with Gasteiger partial charge < -0.3 is 14.1 Å². The van der Waals surface area contributed by atoms with E-state index in [1.54, 1.807) is 0 Å². The molecule has 4 heteroatoms. The summed E-state index contributed by atoms with van der Waals surface area (Å²) in [5.41, 5.74) is 10.4. The van der Waals surface area contributed by atoms with Crippen LogP contribution in [-0.2, 0) is 0 Å². The maximum absolute atomic E-state index is 6.66. The average Bonchev–Trinajstić information content (AvgIpc) is 3.70. The number of aromatic nitrogens is 1. The molecule has 0 N–H and O–H groups in total. The van der Waals surface area contributed by atoms with E-state index >= 15 is 0 Å². The van der Waals surface area contributed by atoms with E-state index in [1.807, 2.05) is 60.7 Å². The van der Waals surface area contributed by atoms with Crippen LogP contribution in [0.1, 0.15) is 0 Å². The number of hydrogen-bond donors (Lipinski definition) is 0. The van der Waals surface area contributed by atoms with Crippen molar-refractivity contribution in [3.63, 3.8) is 0 Å². The Morgan fingerprint density at radius 2 is 0.964 bits per heavy atom. The summed E-state index contributed by atoms with van der Waals surface area (Å²) in [5, 5.41) is 4.43. The number of benzene rings is 9. The van der Waals surface area contributed by atoms with Gasteiger partial charge in [-0.05, 0) is 117 Å². The van der Waals surface area contributed by atoms with E-state index in [0.29, 0.717) is 5.89 Å². The van der Waals surface area contributed by atoms with E-state index in [4.69, 9.17) is 14.1 Å². The molecule has 9 aromatic carbocycles. The second kappa shape index (κ2) is 13.8. The quantitative estimate of drug-likeness (QED) is 0.158. The third-order valence-corrected chi connectivity index (χ3v) is 10.1. The van der Waals surface area contributed by atoms with E-state index in [1.165, 1.54) is 33.0 Å². The van der Waals surface area contributed by atoms with E-state index in [-0.39, 0.29) is 0 Å². The fourth-order valence-electron chi connectivity index (χ4n) is 7.33. The second-order valence-corrected chi connectivity index (χ2v) is 13.6. The molecule has 0 fully saturated rings. The van der Waals surface area contributed by atoms with Gasteiger partial charge in [0, 0.05) is 28.0 Å². The Balaban J connectivity index is 1.01. The molecule has 4 nitrogen and oxygen atoms in total. The molecule has 0 bridgehead atoms. The molecule has 55 heavy (non-hydrogen) atoms. The zero-order chi connectivity index (χ0) is 36.6. The summed E-state index contributed by atoms with van der Waals surface area (Å²) >= 11 is 0. The van der Waals surface area contributed by atoms with Crippen LogP contribution in [0.5, 0.6) is 11.5 Å². The summed E-state index contributed by atoms with van der Waals surface area (Å²) in [7, 11) is 0. The smallest absolute Gasteiger partial charge is 0.227 e. The maximum Gasteiger partial charge on any atom is 0.227 e. The molecular weight excluding hydrogens is 673 g/mol. The molecule has 10 rings (SSSR count). The lowest BCUT2D eigenvalue weighted by molar-refractivity contribution is 0.488. The Bertz CT molecular complexity index is 2900. The van der Waals surface area contributed by atoms with Gasteiger partial charge in [0.2, 0.25) is 5.89 Å². The van der Waals surface area contributed by atoms with Gasteiger partial charge in [0.05, 0.1) is 0 Å². The second-order valence-electron chi connectivity index (χ2n) is 13.6. The van der Waals surface area contributed by atoms with Gasteiger partial charge in [0.1, 0.15) is 17.0 Å². The van der Waals surface area contributed by atoms with Crippen molar-refractivity contribution >= 4 is 49.7 Å². The van der Waals surface area contributed by atoms with E-state index in [0.717, 1.165) is 56.0 Å². The van der Waals surface area contributed by atoms with Crippen LogP contribution in [0.25, 0.3) is 66.4 Å². The first-order valence-electron chi connectivity index (χ1n) is 18.4. The molecule has 0 saturated heterocycles. The number of para-hydroxylation sites is 2. The van der Waals surface area contributed by atoms with E-state index in [9.17, 15) is 0 Å². The summed E-state index contributed by atoms with van der Waals surface area (Å²) in [6, 6.07) is 71.6. The van der Waals surface area contributed by atoms with Crippen LogP contribution in [0.4, 0.5) is 17.1 Å². The molecular formula is C51H34N2O2. The number of nitrogens with zero attached hydrogens (tertiary/aromatic N) is 2. The van der Waals surface area contributed by atoms with Crippen molar-refractivity contribution in [2.45, 2.75) is 0 Å². The van der Waals surface area contributed by atoms with Crippen molar-refractivity contribution in [2.24, 2.45) is 0 Å². The molecule has 0 unspecified atom stereocenters. The van der Waals surface area contributed by atoms with Gasteiger partial charge in [0.25, 0.3) is 0 Å². The monoisotopic (exact) mass is 706 g/mol. The molecule has 0 atom stereocenters. The Kier molecular flexibility index (Phi) is 8.12. The fraction of sp³-hybridized carbons (Fsp3) is 0. The lowest BCUT2D eigenvalue weighted by atomic mass is 10.0. The van der Waals surface area contributed by atoms with Crippen LogP contribution in [0, 0.1) is 0 Å². The zero-order valence-corrected chi connectivity index (χ0v) is 29.8. The highest BCUT2D eigenvalue weighted by Gasteiger charge is 2.16. The van der Waals surface area contributed by atoms with E-state index < -0.39 is 0 Å². The van der Waals surface area contributed by atoms with Crippen LogP contribution < -0.4 is 9.64 Å². The van der Waals surface area contributed by atoms with Crippen molar-refractivity contribution in [3.05, 3.63) is 206 Å². The number of fused-ring (bicyclic) bond motifs is 3. The van der Waals surface area contributed by atoms with Gasteiger partial charge >= 0.3 is 0 Å². The molecule has 1 aromatic heterocycles. The summed E-state index contributed by atoms with van der Waals surface area (Å²) in [5.74, 6) is 2.03. The lowest BCUT2D eigenvalue weighted by Gasteiger charge is -2.26. The highest BCUT2D eigenvalue weighted by Crippen LogP contribution is 2.40. The predicted octanol–water partition coefficient (Wildman–Crippen LogP) is 14.4. The summed E-state index contributed by atoms with van der Waals surface area (Å²) in [6.07, 6.45) is 0. The van der Waals surface area contributed by atoms with Crippen molar-refractivity contribution in [3.8, 4) is 45.2 Å². The lowest BCUT2D eigenvalue weighted by Crippen LogP contribution is -2.09. The largest absolute Gasteiger partial charge is 0.457 e. The summed E-state index contributed by atoms with van der Waals surface area (Å²) in [6.45, 7) is 0. The Labute approximate surface area is 319 Å². The van der Waals surface area contributed by atoms with Gasteiger partial charge in [-0.25, -0.2) is 4.98 Å². The molecule has 0 spiro atoms. The highest BCUT2D eigenvalue weighted by molar-refractivity contribution is 5.94. The molecule has 0 radical (unpaired) electrons. The number of oxazole rings is 1. The number of rotatable bonds is 8. The Morgan fingerprint density at radius 3 is 1.73 bits per heavy atom. The van der Waals surface area contributed by atoms with Gasteiger partial charge in [-0.15, -0.1) is 0 Å².